The van der Waals surface area contributed by atoms with Gasteiger partial charge in [0.05, 0.1) is 7.11 Å². The van der Waals surface area contributed by atoms with Gasteiger partial charge in [0.1, 0.15) is 6.04 Å². The molecular weight excluding hydrogens is 222 g/mol. The molecule has 1 fully saturated rings. The molecule has 4 heteroatoms. The lowest BCUT2D eigenvalue weighted by atomic mass is 10.2. The van der Waals surface area contributed by atoms with Gasteiger partial charge in [-0.25, -0.2) is 0 Å². The molecule has 1 aromatic carbocycles. The SMILES string of the molecule is COC(=O)[C@H]1C[C@@H](Sc2ccccc2)CN1. The number of carbonyl (C=O) groups excluding carboxylic acids is 1. The van der Waals surface area contributed by atoms with Crippen LogP contribution in [0.1, 0.15) is 6.42 Å². The summed E-state index contributed by atoms with van der Waals surface area (Å²) in [6.45, 7) is 0.860. The number of nitrogens with one attached hydrogen (secondary N) is 1. The van der Waals surface area contributed by atoms with E-state index in [1.807, 2.05) is 30.0 Å². The highest BCUT2D eigenvalue weighted by atomic mass is 32.2. The van der Waals surface area contributed by atoms with Crippen molar-refractivity contribution in [3.05, 3.63) is 30.3 Å². The van der Waals surface area contributed by atoms with Crippen LogP contribution in [-0.4, -0.2) is 30.9 Å². The van der Waals surface area contributed by atoms with Crippen LogP contribution in [0.15, 0.2) is 35.2 Å². The van der Waals surface area contributed by atoms with E-state index in [0.29, 0.717) is 5.25 Å². The maximum atomic E-state index is 11.3. The van der Waals surface area contributed by atoms with Gasteiger partial charge in [0.15, 0.2) is 0 Å². The van der Waals surface area contributed by atoms with Gasteiger partial charge in [0.25, 0.3) is 0 Å². The molecule has 2 atom stereocenters. The minimum Gasteiger partial charge on any atom is -0.468 e. The van der Waals surface area contributed by atoms with Crippen molar-refractivity contribution in [2.24, 2.45) is 0 Å². The molecule has 0 spiro atoms. The van der Waals surface area contributed by atoms with E-state index >= 15 is 0 Å². The molecule has 0 saturated carbocycles. The van der Waals surface area contributed by atoms with Gasteiger partial charge in [0.2, 0.25) is 0 Å². The normalized spacial score (nSPS) is 24.3. The van der Waals surface area contributed by atoms with E-state index in [2.05, 4.69) is 17.4 Å². The number of hydrogen-bond acceptors (Lipinski definition) is 4. The highest BCUT2D eigenvalue weighted by Gasteiger charge is 2.30. The van der Waals surface area contributed by atoms with Gasteiger partial charge < -0.3 is 10.1 Å². The second kappa shape index (κ2) is 5.37. The Labute approximate surface area is 99.6 Å². The van der Waals surface area contributed by atoms with E-state index in [9.17, 15) is 4.79 Å². The molecule has 0 bridgehead atoms. The van der Waals surface area contributed by atoms with Crippen LogP contribution in [0.3, 0.4) is 0 Å². The molecule has 16 heavy (non-hydrogen) atoms. The Kier molecular flexibility index (Phi) is 3.85. The number of hydrogen-bond donors (Lipinski definition) is 1. The third-order valence-corrected chi connectivity index (χ3v) is 3.86. The highest BCUT2D eigenvalue weighted by Crippen LogP contribution is 2.28. The zero-order valence-corrected chi connectivity index (χ0v) is 10.00. The van der Waals surface area contributed by atoms with Crippen LogP contribution in [-0.2, 0) is 9.53 Å². The number of carbonyl (C=O) groups is 1. The van der Waals surface area contributed by atoms with E-state index in [1.165, 1.54) is 12.0 Å². The Hall–Kier alpha value is -1.00. The molecule has 1 aliphatic heterocycles. The fraction of sp³-hybridized carbons (Fsp3) is 0.417. The summed E-state index contributed by atoms with van der Waals surface area (Å²) in [6.07, 6.45) is 0.840. The maximum absolute atomic E-state index is 11.3. The zero-order chi connectivity index (χ0) is 11.4. The van der Waals surface area contributed by atoms with Gasteiger partial charge in [-0.05, 0) is 18.6 Å². The number of esters is 1. The van der Waals surface area contributed by atoms with Crippen molar-refractivity contribution >= 4 is 17.7 Å². The predicted molar refractivity (Wildman–Crippen MR) is 64.5 cm³/mol. The van der Waals surface area contributed by atoms with Gasteiger partial charge in [-0.3, -0.25) is 4.79 Å². The van der Waals surface area contributed by atoms with Gasteiger partial charge in [0, 0.05) is 16.7 Å². The van der Waals surface area contributed by atoms with Crippen LogP contribution in [0, 0.1) is 0 Å². The molecule has 0 amide bonds. The van der Waals surface area contributed by atoms with Gasteiger partial charge in [-0.1, -0.05) is 18.2 Å². The third kappa shape index (κ3) is 2.77. The zero-order valence-electron chi connectivity index (χ0n) is 9.18. The largest absolute Gasteiger partial charge is 0.468 e. The molecular formula is C12H15NO2S. The van der Waals surface area contributed by atoms with Gasteiger partial charge in [-0.15, -0.1) is 11.8 Å². The van der Waals surface area contributed by atoms with Crippen LogP contribution < -0.4 is 5.32 Å². The molecule has 0 aliphatic carbocycles. The fourth-order valence-electron chi connectivity index (χ4n) is 1.81. The van der Waals surface area contributed by atoms with E-state index in [-0.39, 0.29) is 12.0 Å². The second-order valence-corrected chi connectivity index (χ2v) is 5.15. The molecule has 1 saturated heterocycles. The Morgan fingerprint density at radius 3 is 2.88 bits per heavy atom. The minimum atomic E-state index is -0.156. The molecule has 1 N–H and O–H groups in total. The first-order valence-electron chi connectivity index (χ1n) is 5.32. The molecule has 0 radical (unpaired) electrons. The Morgan fingerprint density at radius 2 is 2.19 bits per heavy atom. The summed E-state index contributed by atoms with van der Waals surface area (Å²) in [7, 11) is 1.43. The summed E-state index contributed by atoms with van der Waals surface area (Å²) < 4.78 is 4.72. The van der Waals surface area contributed by atoms with Crippen molar-refractivity contribution < 1.29 is 9.53 Å². The van der Waals surface area contributed by atoms with Crippen LogP contribution >= 0.6 is 11.8 Å². The summed E-state index contributed by atoms with van der Waals surface area (Å²) in [5.41, 5.74) is 0. The number of rotatable bonds is 3. The lowest BCUT2D eigenvalue weighted by Crippen LogP contribution is -2.31. The predicted octanol–water partition coefficient (Wildman–Crippen LogP) is 1.68. The number of methoxy groups -OCH3 is 1. The molecule has 0 aromatic heterocycles. The molecule has 86 valence electrons. The van der Waals surface area contributed by atoms with E-state index in [1.54, 1.807) is 0 Å². The standard InChI is InChI=1S/C12H15NO2S/c1-15-12(14)11-7-10(8-13-11)16-9-5-3-2-4-6-9/h2-6,10-11,13H,7-8H2,1H3/t10-,11-/m1/s1. The number of ether oxygens (including phenoxy) is 1. The fourth-order valence-corrected chi connectivity index (χ4v) is 2.97. The molecule has 1 heterocycles. The Bertz CT molecular complexity index is 355. The summed E-state index contributed by atoms with van der Waals surface area (Å²) in [4.78, 5) is 12.6. The quantitative estimate of drug-likeness (QED) is 0.812. The smallest absolute Gasteiger partial charge is 0.322 e. The maximum Gasteiger partial charge on any atom is 0.322 e. The first kappa shape index (κ1) is 11.5. The molecule has 1 aliphatic rings. The summed E-state index contributed by atoms with van der Waals surface area (Å²) in [6, 6.07) is 10.1. The van der Waals surface area contributed by atoms with E-state index in [0.717, 1.165) is 13.0 Å². The van der Waals surface area contributed by atoms with Crippen LogP contribution in [0.5, 0.6) is 0 Å². The van der Waals surface area contributed by atoms with Crippen molar-refractivity contribution in [2.45, 2.75) is 22.6 Å². The van der Waals surface area contributed by atoms with Crippen LogP contribution in [0.2, 0.25) is 0 Å². The average Bonchev–Trinajstić information content (AvgIpc) is 2.78. The molecule has 1 aromatic rings. The van der Waals surface area contributed by atoms with Crippen molar-refractivity contribution in [3.8, 4) is 0 Å². The van der Waals surface area contributed by atoms with Crippen molar-refractivity contribution in [1.29, 1.82) is 0 Å². The van der Waals surface area contributed by atoms with Crippen molar-refractivity contribution in [2.75, 3.05) is 13.7 Å². The summed E-state index contributed by atoms with van der Waals surface area (Å²) >= 11 is 1.81. The third-order valence-electron chi connectivity index (χ3n) is 2.62. The van der Waals surface area contributed by atoms with Crippen molar-refractivity contribution in [1.82, 2.24) is 5.32 Å². The number of thioether (sulfide) groups is 1. The van der Waals surface area contributed by atoms with Gasteiger partial charge in [-0.2, -0.15) is 0 Å². The van der Waals surface area contributed by atoms with Crippen molar-refractivity contribution in [3.63, 3.8) is 0 Å². The van der Waals surface area contributed by atoms with Crippen LogP contribution in [0.4, 0.5) is 0 Å². The van der Waals surface area contributed by atoms with E-state index in [4.69, 9.17) is 4.74 Å². The monoisotopic (exact) mass is 237 g/mol. The lowest BCUT2D eigenvalue weighted by Gasteiger charge is -2.08. The number of benzene rings is 1. The first-order chi connectivity index (χ1) is 7.79. The summed E-state index contributed by atoms with van der Waals surface area (Å²) in [5, 5.41) is 3.63. The lowest BCUT2D eigenvalue weighted by molar-refractivity contribution is -0.142. The molecule has 3 nitrogen and oxygen atoms in total. The molecule has 2 rings (SSSR count). The summed E-state index contributed by atoms with van der Waals surface area (Å²) in [5.74, 6) is -0.156. The highest BCUT2D eigenvalue weighted by molar-refractivity contribution is 8.00. The Morgan fingerprint density at radius 1 is 1.44 bits per heavy atom. The molecule has 0 unspecified atom stereocenters. The van der Waals surface area contributed by atoms with E-state index < -0.39 is 0 Å². The minimum absolute atomic E-state index is 0.133. The average molecular weight is 237 g/mol. The first-order valence-corrected chi connectivity index (χ1v) is 6.20. The van der Waals surface area contributed by atoms with Crippen LogP contribution in [0.25, 0.3) is 0 Å². The Balaban J connectivity index is 1.88. The second-order valence-electron chi connectivity index (χ2n) is 3.77. The topological polar surface area (TPSA) is 38.3 Å². The van der Waals surface area contributed by atoms with Gasteiger partial charge >= 0.3 is 5.97 Å².